The molecule has 4 rings (SSSR count). The standard InChI is InChI=1S/C20H16N4S/c1-21-19-17(14-10-6-7-11-16(14)25-2)15-12-22-24-20(15)23-18(19)13-8-4-3-5-9-13/h3-12,17H,2H3,(H2,22,23,24). The molecular formula is C20H16N4S. The van der Waals surface area contributed by atoms with E-state index in [0.717, 1.165) is 28.2 Å². The number of hydrogen-bond acceptors (Lipinski definition) is 3. The molecule has 3 aromatic rings. The minimum absolute atomic E-state index is 0.133. The summed E-state index contributed by atoms with van der Waals surface area (Å²) in [6.07, 6.45) is 3.88. The summed E-state index contributed by atoms with van der Waals surface area (Å²) >= 11 is 1.70. The molecule has 0 saturated carbocycles. The topological polar surface area (TPSA) is 45.1 Å². The van der Waals surface area contributed by atoms with Crippen molar-refractivity contribution >= 4 is 23.3 Å². The van der Waals surface area contributed by atoms with Crippen molar-refractivity contribution in [3.8, 4) is 0 Å². The number of aromatic amines is 1. The van der Waals surface area contributed by atoms with Gasteiger partial charge >= 0.3 is 0 Å². The molecule has 0 spiro atoms. The van der Waals surface area contributed by atoms with Crippen LogP contribution in [-0.2, 0) is 0 Å². The van der Waals surface area contributed by atoms with Crippen LogP contribution in [0, 0.1) is 6.57 Å². The smallest absolute Gasteiger partial charge is 0.200 e. The number of fused-ring (bicyclic) bond motifs is 1. The molecule has 0 saturated heterocycles. The fourth-order valence-electron chi connectivity index (χ4n) is 3.26. The van der Waals surface area contributed by atoms with Crippen molar-refractivity contribution in [2.45, 2.75) is 10.8 Å². The average Bonchev–Trinajstić information content (AvgIpc) is 3.15. The Morgan fingerprint density at radius 1 is 1.04 bits per heavy atom. The van der Waals surface area contributed by atoms with Gasteiger partial charge in [-0.3, -0.25) is 5.10 Å². The lowest BCUT2D eigenvalue weighted by atomic mass is 9.85. The zero-order valence-corrected chi connectivity index (χ0v) is 14.5. The van der Waals surface area contributed by atoms with Gasteiger partial charge in [0.2, 0.25) is 5.70 Å². The molecule has 5 heteroatoms. The molecule has 0 amide bonds. The molecule has 1 aliphatic rings. The Kier molecular flexibility index (Phi) is 4.04. The number of anilines is 1. The second-order valence-corrected chi connectivity index (χ2v) is 6.59. The Balaban J connectivity index is 1.98. The van der Waals surface area contributed by atoms with E-state index in [2.05, 4.69) is 38.7 Å². The van der Waals surface area contributed by atoms with E-state index in [1.54, 1.807) is 11.8 Å². The summed E-state index contributed by atoms with van der Waals surface area (Å²) in [5.41, 5.74) is 4.68. The fourth-order valence-corrected chi connectivity index (χ4v) is 3.90. The van der Waals surface area contributed by atoms with Gasteiger partial charge in [0.15, 0.2) is 0 Å². The Hall–Kier alpha value is -2.97. The Morgan fingerprint density at radius 2 is 1.80 bits per heavy atom. The van der Waals surface area contributed by atoms with Crippen LogP contribution in [0.25, 0.3) is 10.5 Å². The summed E-state index contributed by atoms with van der Waals surface area (Å²) in [5, 5.41) is 10.6. The molecule has 1 atom stereocenters. The molecule has 4 nitrogen and oxygen atoms in total. The second kappa shape index (κ2) is 6.50. The van der Waals surface area contributed by atoms with Crippen molar-refractivity contribution in [2.75, 3.05) is 11.6 Å². The molecule has 2 N–H and O–H groups in total. The molecule has 1 unspecified atom stereocenters. The summed E-state index contributed by atoms with van der Waals surface area (Å²) in [4.78, 5) is 5.11. The SMILES string of the molecule is [C-]#[N+]C1=C(c2ccccc2)Nc2[nH]ncc2C1c1ccccc1SC. The number of H-pyrrole nitrogens is 1. The lowest BCUT2D eigenvalue weighted by molar-refractivity contribution is 0.936. The molecule has 2 aromatic carbocycles. The van der Waals surface area contributed by atoms with Gasteiger partial charge in [-0.05, 0) is 23.4 Å². The third-order valence-corrected chi connectivity index (χ3v) is 5.20. The van der Waals surface area contributed by atoms with E-state index in [4.69, 9.17) is 6.57 Å². The molecule has 1 aliphatic heterocycles. The van der Waals surface area contributed by atoms with Gasteiger partial charge in [-0.15, -0.1) is 11.8 Å². The van der Waals surface area contributed by atoms with Crippen LogP contribution in [0.1, 0.15) is 22.6 Å². The molecule has 0 aliphatic carbocycles. The Morgan fingerprint density at radius 3 is 2.56 bits per heavy atom. The van der Waals surface area contributed by atoms with E-state index in [1.807, 2.05) is 48.7 Å². The third kappa shape index (κ3) is 2.61. The van der Waals surface area contributed by atoms with Crippen LogP contribution in [-0.4, -0.2) is 16.5 Å². The second-order valence-electron chi connectivity index (χ2n) is 5.74. The van der Waals surface area contributed by atoms with Crippen molar-refractivity contribution in [1.29, 1.82) is 0 Å². The Bertz CT molecular complexity index is 982. The Labute approximate surface area is 150 Å². The molecule has 0 fully saturated rings. The zero-order valence-electron chi connectivity index (χ0n) is 13.7. The molecule has 122 valence electrons. The minimum Gasteiger partial charge on any atom is -0.349 e. The maximum Gasteiger partial charge on any atom is 0.200 e. The number of benzene rings is 2. The van der Waals surface area contributed by atoms with Gasteiger partial charge in [0.05, 0.1) is 18.7 Å². The van der Waals surface area contributed by atoms with Gasteiger partial charge in [0.25, 0.3) is 0 Å². The normalized spacial score (nSPS) is 16.1. The monoisotopic (exact) mass is 344 g/mol. The number of allylic oxidation sites excluding steroid dienone is 1. The predicted octanol–water partition coefficient (Wildman–Crippen LogP) is 4.98. The van der Waals surface area contributed by atoms with Gasteiger partial charge in [-0.25, -0.2) is 4.85 Å². The van der Waals surface area contributed by atoms with Crippen LogP contribution in [0.3, 0.4) is 0 Å². The highest BCUT2D eigenvalue weighted by Crippen LogP contribution is 2.46. The first kappa shape index (κ1) is 15.6. The highest BCUT2D eigenvalue weighted by atomic mass is 32.2. The van der Waals surface area contributed by atoms with Crippen molar-refractivity contribution in [3.63, 3.8) is 0 Å². The maximum atomic E-state index is 7.87. The van der Waals surface area contributed by atoms with Gasteiger partial charge in [-0.2, -0.15) is 5.10 Å². The predicted molar refractivity (Wildman–Crippen MR) is 102 cm³/mol. The largest absolute Gasteiger partial charge is 0.349 e. The summed E-state index contributed by atoms with van der Waals surface area (Å²) in [6.45, 7) is 7.87. The summed E-state index contributed by atoms with van der Waals surface area (Å²) < 4.78 is 0. The quantitative estimate of drug-likeness (QED) is 0.520. The summed E-state index contributed by atoms with van der Waals surface area (Å²) in [6, 6.07) is 18.3. The van der Waals surface area contributed by atoms with E-state index >= 15 is 0 Å². The number of hydrogen-bond donors (Lipinski definition) is 2. The minimum atomic E-state index is -0.133. The van der Waals surface area contributed by atoms with E-state index in [9.17, 15) is 0 Å². The first-order valence-corrected chi connectivity index (χ1v) is 9.16. The van der Waals surface area contributed by atoms with E-state index < -0.39 is 0 Å². The first-order chi connectivity index (χ1) is 12.3. The van der Waals surface area contributed by atoms with E-state index in [0.29, 0.717) is 5.70 Å². The molecule has 25 heavy (non-hydrogen) atoms. The molecule has 1 aromatic heterocycles. The molecule has 0 radical (unpaired) electrons. The third-order valence-electron chi connectivity index (χ3n) is 4.39. The van der Waals surface area contributed by atoms with Crippen LogP contribution < -0.4 is 5.32 Å². The van der Waals surface area contributed by atoms with Crippen LogP contribution in [0.4, 0.5) is 5.82 Å². The molecule has 0 bridgehead atoms. The summed E-state index contributed by atoms with van der Waals surface area (Å²) in [7, 11) is 0. The van der Waals surface area contributed by atoms with Gasteiger partial charge in [-0.1, -0.05) is 48.5 Å². The van der Waals surface area contributed by atoms with E-state index in [1.165, 1.54) is 4.90 Å². The highest BCUT2D eigenvalue weighted by molar-refractivity contribution is 7.98. The number of thioether (sulfide) groups is 1. The average molecular weight is 344 g/mol. The lowest BCUT2D eigenvalue weighted by Crippen LogP contribution is -2.16. The number of nitrogens with zero attached hydrogens (tertiary/aromatic N) is 2. The number of rotatable bonds is 3. The van der Waals surface area contributed by atoms with Crippen molar-refractivity contribution < 1.29 is 0 Å². The molecule has 2 heterocycles. The van der Waals surface area contributed by atoms with Crippen LogP contribution >= 0.6 is 11.8 Å². The van der Waals surface area contributed by atoms with Crippen LogP contribution in [0.15, 0.2) is 71.4 Å². The fraction of sp³-hybridized carbons (Fsp3) is 0.100. The zero-order chi connectivity index (χ0) is 17.2. The maximum absolute atomic E-state index is 7.87. The van der Waals surface area contributed by atoms with E-state index in [-0.39, 0.29) is 5.92 Å². The first-order valence-electron chi connectivity index (χ1n) is 7.93. The highest BCUT2D eigenvalue weighted by Gasteiger charge is 2.33. The van der Waals surface area contributed by atoms with Crippen molar-refractivity contribution in [2.24, 2.45) is 0 Å². The van der Waals surface area contributed by atoms with Gasteiger partial charge in [0.1, 0.15) is 5.82 Å². The summed E-state index contributed by atoms with van der Waals surface area (Å²) in [5.74, 6) is 0.721. The lowest BCUT2D eigenvalue weighted by Gasteiger charge is -2.27. The van der Waals surface area contributed by atoms with Crippen molar-refractivity contribution in [1.82, 2.24) is 10.2 Å². The van der Waals surface area contributed by atoms with Gasteiger partial charge < -0.3 is 5.32 Å². The number of aromatic nitrogens is 2. The van der Waals surface area contributed by atoms with Gasteiger partial charge in [0, 0.05) is 16.2 Å². The number of nitrogens with one attached hydrogen (secondary N) is 2. The van der Waals surface area contributed by atoms with Crippen LogP contribution in [0.5, 0.6) is 0 Å². The van der Waals surface area contributed by atoms with Crippen LogP contribution in [0.2, 0.25) is 0 Å². The molecular weight excluding hydrogens is 328 g/mol. The van der Waals surface area contributed by atoms with Crippen molar-refractivity contribution in [3.05, 3.63) is 94.6 Å².